The second-order valence-electron chi connectivity index (χ2n) is 7.23. The predicted octanol–water partition coefficient (Wildman–Crippen LogP) is 4.89. The van der Waals surface area contributed by atoms with Crippen molar-refractivity contribution in [3.63, 3.8) is 0 Å². The maximum atomic E-state index is 13.6. The monoisotopic (exact) mass is 427 g/mol. The number of anilines is 2. The third kappa shape index (κ3) is 3.88. The first-order chi connectivity index (χ1) is 15.5. The van der Waals surface area contributed by atoms with E-state index in [0.29, 0.717) is 28.6 Å². The minimum absolute atomic E-state index is 0.263. The molecule has 3 aromatic carbocycles. The summed E-state index contributed by atoms with van der Waals surface area (Å²) in [7, 11) is 3.58. The van der Waals surface area contributed by atoms with E-state index >= 15 is 0 Å². The van der Waals surface area contributed by atoms with Crippen LogP contribution in [0.5, 0.6) is 11.5 Å². The fourth-order valence-corrected chi connectivity index (χ4v) is 3.65. The third-order valence-corrected chi connectivity index (χ3v) is 5.11. The topological polar surface area (TPSA) is 84.1 Å². The lowest BCUT2D eigenvalue weighted by Gasteiger charge is -2.10. The Hall–Kier alpha value is -4.26. The van der Waals surface area contributed by atoms with Gasteiger partial charge in [0.15, 0.2) is 0 Å². The number of hydrogen-bond donors (Lipinski definition) is 3. The number of rotatable bonds is 7. The minimum Gasteiger partial charge on any atom is -0.457 e. The van der Waals surface area contributed by atoms with Crippen LogP contribution in [0.25, 0.3) is 11.4 Å². The van der Waals surface area contributed by atoms with E-state index in [1.807, 2.05) is 85.9 Å². The summed E-state index contributed by atoms with van der Waals surface area (Å²) < 4.78 is 9.00. The molecule has 0 saturated heterocycles. The smallest absolute Gasteiger partial charge is 0.339 e. The van der Waals surface area contributed by atoms with E-state index in [9.17, 15) is 4.79 Å². The van der Waals surface area contributed by atoms with Crippen molar-refractivity contribution >= 4 is 17.2 Å². The van der Waals surface area contributed by atoms with E-state index < -0.39 is 0 Å². The first-order valence-corrected chi connectivity index (χ1v) is 10.3. The van der Waals surface area contributed by atoms with Crippen molar-refractivity contribution in [2.24, 2.45) is 0 Å². The molecule has 3 N–H and O–H groups in total. The number of para-hydroxylation sites is 1. The van der Waals surface area contributed by atoms with Crippen LogP contribution < -0.4 is 21.1 Å². The second-order valence-corrected chi connectivity index (χ2v) is 7.23. The summed E-state index contributed by atoms with van der Waals surface area (Å²) >= 11 is 0. The number of nitrogens with one attached hydrogen (secondary N) is 3. The molecule has 4 aromatic rings. The third-order valence-electron chi connectivity index (χ3n) is 5.11. The molecular weight excluding hydrogens is 402 g/mol. The molecule has 0 aliphatic heterocycles. The summed E-state index contributed by atoms with van der Waals surface area (Å²) in [6.07, 6.45) is 0. The van der Waals surface area contributed by atoms with E-state index in [4.69, 9.17) is 10.1 Å². The van der Waals surface area contributed by atoms with Crippen molar-refractivity contribution in [2.45, 2.75) is 6.92 Å². The van der Waals surface area contributed by atoms with Gasteiger partial charge in [-0.15, -0.1) is 0 Å². The fraction of sp³-hybridized carbons (Fsp3) is 0.120. The molecule has 0 aliphatic rings. The van der Waals surface area contributed by atoms with E-state index in [1.165, 1.54) is 0 Å². The molecule has 0 aliphatic carbocycles. The van der Waals surface area contributed by atoms with E-state index in [1.54, 1.807) is 23.1 Å². The van der Waals surface area contributed by atoms with Gasteiger partial charge in [-0.1, -0.05) is 24.3 Å². The average Bonchev–Trinajstić information content (AvgIpc) is 3.12. The van der Waals surface area contributed by atoms with Crippen LogP contribution in [-0.4, -0.2) is 28.9 Å². The quantitative estimate of drug-likeness (QED) is 0.367. The maximum Gasteiger partial charge on any atom is 0.339 e. The molecule has 0 bridgehead atoms. The number of ether oxygens (including phenoxy) is 1. The zero-order valence-corrected chi connectivity index (χ0v) is 18.2. The fourth-order valence-electron chi connectivity index (χ4n) is 3.65. The predicted molar refractivity (Wildman–Crippen MR) is 129 cm³/mol. The number of nitrogens with zero attached hydrogens (tertiary/aromatic N) is 2. The van der Waals surface area contributed by atoms with Gasteiger partial charge in [0.2, 0.25) is 0 Å². The summed E-state index contributed by atoms with van der Waals surface area (Å²) in [6, 6.07) is 24.4. The highest BCUT2D eigenvalue weighted by atomic mass is 16.5. The van der Waals surface area contributed by atoms with Crippen molar-refractivity contribution in [3.8, 4) is 22.9 Å². The molecule has 32 heavy (non-hydrogen) atoms. The van der Waals surface area contributed by atoms with Crippen LogP contribution in [0.15, 0.2) is 83.7 Å². The molecule has 4 rings (SSSR count). The molecule has 162 valence electrons. The molecule has 0 atom stereocenters. The summed E-state index contributed by atoms with van der Waals surface area (Å²) in [6.45, 7) is 1.67. The van der Waals surface area contributed by atoms with Gasteiger partial charge in [-0.3, -0.25) is 4.57 Å². The lowest BCUT2D eigenvalue weighted by atomic mass is 10.2. The van der Waals surface area contributed by atoms with Crippen molar-refractivity contribution in [1.29, 1.82) is 5.41 Å². The van der Waals surface area contributed by atoms with Gasteiger partial charge in [0.25, 0.3) is 0 Å². The Morgan fingerprint density at radius 1 is 0.812 bits per heavy atom. The molecule has 0 radical (unpaired) electrons. The second kappa shape index (κ2) is 8.85. The molecule has 1 heterocycles. The van der Waals surface area contributed by atoms with Crippen LogP contribution in [-0.2, 0) is 0 Å². The highest BCUT2D eigenvalue weighted by molar-refractivity contribution is 6.00. The van der Waals surface area contributed by atoms with Crippen LogP contribution in [0.4, 0.5) is 11.5 Å². The molecule has 0 unspecified atom stereocenters. The lowest BCUT2D eigenvalue weighted by Crippen LogP contribution is -2.23. The first-order valence-electron chi connectivity index (χ1n) is 10.3. The number of aromatic nitrogens is 2. The van der Waals surface area contributed by atoms with Gasteiger partial charge in [-0.05, 0) is 61.5 Å². The molecule has 1 aromatic heterocycles. The van der Waals surface area contributed by atoms with Gasteiger partial charge in [-0.2, -0.15) is 0 Å². The minimum atomic E-state index is -0.263. The summed E-state index contributed by atoms with van der Waals surface area (Å²) in [5.41, 5.74) is 2.76. The van der Waals surface area contributed by atoms with Gasteiger partial charge < -0.3 is 20.8 Å². The van der Waals surface area contributed by atoms with Gasteiger partial charge in [0.1, 0.15) is 23.0 Å². The largest absolute Gasteiger partial charge is 0.457 e. The SMILES string of the molecule is CNc1cccc(-n2c(NC)c(C(C)=N)n(-c3ccc(Oc4ccccc4)cc3)c2=O)c1. The van der Waals surface area contributed by atoms with Crippen LogP contribution >= 0.6 is 0 Å². The number of hydrogen-bond acceptors (Lipinski definition) is 5. The van der Waals surface area contributed by atoms with E-state index in [-0.39, 0.29) is 11.4 Å². The van der Waals surface area contributed by atoms with Crippen molar-refractivity contribution in [2.75, 3.05) is 24.7 Å². The Balaban J connectivity index is 1.82. The highest BCUT2D eigenvalue weighted by Crippen LogP contribution is 2.26. The zero-order valence-electron chi connectivity index (χ0n) is 18.2. The Morgan fingerprint density at radius 2 is 1.50 bits per heavy atom. The molecule has 7 heteroatoms. The molecule has 7 nitrogen and oxygen atoms in total. The van der Waals surface area contributed by atoms with Crippen molar-refractivity contribution < 1.29 is 4.74 Å². The van der Waals surface area contributed by atoms with Crippen LogP contribution in [0.1, 0.15) is 12.6 Å². The van der Waals surface area contributed by atoms with Gasteiger partial charge in [-0.25, -0.2) is 9.36 Å². The first kappa shape index (κ1) is 21.0. The van der Waals surface area contributed by atoms with E-state index in [2.05, 4.69) is 10.6 Å². The van der Waals surface area contributed by atoms with Crippen LogP contribution in [0.3, 0.4) is 0 Å². The summed E-state index contributed by atoms with van der Waals surface area (Å²) in [5.74, 6) is 1.96. The lowest BCUT2D eigenvalue weighted by molar-refractivity contribution is 0.482. The maximum absolute atomic E-state index is 13.6. The molecule has 0 spiro atoms. The molecule has 0 amide bonds. The van der Waals surface area contributed by atoms with Crippen molar-refractivity contribution in [3.05, 3.63) is 95.0 Å². The Bertz CT molecular complexity index is 1300. The Kier molecular flexibility index (Phi) is 5.81. The van der Waals surface area contributed by atoms with Crippen LogP contribution in [0.2, 0.25) is 0 Å². The number of imidazole rings is 1. The van der Waals surface area contributed by atoms with Gasteiger partial charge >= 0.3 is 5.69 Å². The van der Waals surface area contributed by atoms with E-state index in [0.717, 1.165) is 11.4 Å². The molecular formula is C25H25N5O2. The molecule has 0 fully saturated rings. The normalized spacial score (nSPS) is 10.6. The number of benzene rings is 3. The Morgan fingerprint density at radius 3 is 2.12 bits per heavy atom. The zero-order chi connectivity index (χ0) is 22.7. The van der Waals surface area contributed by atoms with Gasteiger partial charge in [0.05, 0.1) is 17.1 Å². The highest BCUT2D eigenvalue weighted by Gasteiger charge is 2.23. The Labute approximate surface area is 186 Å². The average molecular weight is 428 g/mol. The van der Waals surface area contributed by atoms with Gasteiger partial charge in [0, 0.05) is 19.8 Å². The summed E-state index contributed by atoms with van der Waals surface area (Å²) in [4.78, 5) is 13.6. The summed E-state index contributed by atoms with van der Waals surface area (Å²) in [5, 5.41) is 14.6. The van der Waals surface area contributed by atoms with Crippen LogP contribution in [0, 0.1) is 5.41 Å². The van der Waals surface area contributed by atoms with Crippen molar-refractivity contribution in [1.82, 2.24) is 9.13 Å². The molecule has 0 saturated carbocycles. The standard InChI is InChI=1S/C25H25N5O2/c1-17(26)23-24(28-3)30(20-9-7-8-18(16-20)27-2)25(31)29(23)19-12-14-22(15-13-19)32-21-10-5-4-6-11-21/h4-16,26-28H,1-3H3.